The second kappa shape index (κ2) is 65.7. The van der Waals surface area contributed by atoms with Gasteiger partial charge in [0.05, 0.1) is 37.1 Å². The van der Waals surface area contributed by atoms with Crippen LogP contribution in [0, 0.1) is 75.9 Å². The van der Waals surface area contributed by atoms with E-state index in [-0.39, 0.29) is 142 Å². The largest absolute Gasteiger partial charge is 0.461 e. The molecular formula is C75H149N11O12. The van der Waals surface area contributed by atoms with E-state index in [1.807, 2.05) is 166 Å². The smallest absolute Gasteiger partial charge is 0.308 e. The average Bonchev–Trinajstić information content (AvgIpc) is 1.50. The zero-order valence-corrected chi connectivity index (χ0v) is 67.2. The quantitative estimate of drug-likeness (QED) is 0.0130. The molecule has 2 heterocycles. The number of rotatable bonds is 27. The zero-order valence-electron chi connectivity index (χ0n) is 67.2. The van der Waals surface area contributed by atoms with Gasteiger partial charge in [-0.2, -0.15) is 0 Å². The minimum atomic E-state index is -0.468. The summed E-state index contributed by atoms with van der Waals surface area (Å²) in [4.78, 5) is 130. The number of carbonyl (C=O) groups is 11. The van der Waals surface area contributed by atoms with E-state index in [0.29, 0.717) is 80.0 Å². The number of ether oxygens (including phenoxy) is 1. The summed E-state index contributed by atoms with van der Waals surface area (Å²) in [6.45, 7) is 61.8. The van der Waals surface area contributed by atoms with E-state index in [1.165, 1.54) is 6.33 Å². The molecule has 0 amide bonds. The number of carbonyl (C=O) groups excluding carboxylic acids is 11. The van der Waals surface area contributed by atoms with Gasteiger partial charge in [0.15, 0.2) is 29.1 Å². The van der Waals surface area contributed by atoms with Gasteiger partial charge < -0.3 is 55.2 Å². The summed E-state index contributed by atoms with van der Waals surface area (Å²) >= 11 is 0. The Kier molecular flexibility index (Phi) is 74.3. The summed E-state index contributed by atoms with van der Waals surface area (Å²) in [7, 11) is 0. The fraction of sp³-hybridized carbons (Fsp3) is 0.773. The Hall–Kier alpha value is -5.85. The highest BCUT2D eigenvalue weighted by Gasteiger charge is 2.25. The van der Waals surface area contributed by atoms with E-state index in [4.69, 9.17) is 44.9 Å². The van der Waals surface area contributed by atoms with E-state index in [1.54, 1.807) is 26.1 Å². The number of esters is 1. The lowest BCUT2D eigenvalue weighted by Crippen LogP contribution is -2.40. The normalized spacial score (nSPS) is 12.3. The molecule has 2 rings (SSSR count). The second-order valence-electron chi connectivity index (χ2n) is 29.1. The Labute approximate surface area is 595 Å². The van der Waals surface area contributed by atoms with Crippen LogP contribution in [0.4, 0.5) is 0 Å². The minimum Gasteiger partial charge on any atom is -0.461 e. The van der Waals surface area contributed by atoms with Gasteiger partial charge in [0.25, 0.3) is 0 Å². The molecule has 23 nitrogen and oxygen atoms in total. The molecule has 2 atom stereocenters. The number of aromatic nitrogens is 2. The topological polar surface area (TPSA) is 432 Å². The third kappa shape index (κ3) is 75.9. The first-order valence-electron chi connectivity index (χ1n) is 35.1. The molecule has 2 unspecified atom stereocenters. The summed E-state index contributed by atoms with van der Waals surface area (Å²) in [6, 6.07) is -0.301. The number of guanidine groups is 1. The van der Waals surface area contributed by atoms with E-state index in [2.05, 4.69) is 47.6 Å². The van der Waals surface area contributed by atoms with Gasteiger partial charge in [0.1, 0.15) is 53.5 Å². The highest BCUT2D eigenvalue weighted by Crippen LogP contribution is 2.21. The predicted octanol–water partition coefficient (Wildman–Crippen LogP) is 10.8. The van der Waals surface area contributed by atoms with Crippen LogP contribution >= 0.6 is 0 Å². The van der Waals surface area contributed by atoms with Gasteiger partial charge in [-0.3, -0.25) is 52.7 Å². The highest BCUT2D eigenvalue weighted by molar-refractivity contribution is 5.95. The predicted molar refractivity (Wildman–Crippen MR) is 406 cm³/mol. The van der Waals surface area contributed by atoms with Crippen LogP contribution in [0.5, 0.6) is 0 Å². The minimum absolute atomic E-state index is 0.00287. The standard InChI is InChI=1S/C9H18O.C8H15NO.C8H16O.C7H10N2O.C7H15NO.C7H12O2.C6H13N3O.C6H14N2O.C6H13NO.C6H12O.C5H11NO/c1-7(2)8(10)6-9(3,4)5;1-6(2)8(10)7-4-3-5-9-7;1-6(2)7(9)8(3,4)5;1-5(2)7(10)6-3-8-4-9-6;1-6(2)7(9)4-3-5-8;1-4-5-9-7(8)6(2)3;1-4(2)5(10)3-9-6(7)8;1-4(2)6(9)5(8)3-7;1-5(2)6(8)3-4-7;1-4-6(7)5(2)3;1-4(2)5(7)3-6/h7H,6H2,1-5H3;6-7,9H,3-5H2,1-2H3;6H,1-5H3;3-5H,1-2H3,(H,8,9);6H,3-5,8H2,1-2H3;4,6H,1,5H2,2-3H3;4H,3H2,1-2H3,(H4,7,8,9);4-5H,3,7-8H2,1-2H3;5H,3-4,7H2,1-2H3;5H,4H2,1-3H3;4H,3,6H2,1-2H3. The van der Waals surface area contributed by atoms with Crippen LogP contribution in [0.1, 0.15) is 256 Å². The van der Waals surface area contributed by atoms with Crippen LogP contribution in [0.3, 0.4) is 0 Å². The number of H-pyrrole nitrogens is 1. The van der Waals surface area contributed by atoms with Gasteiger partial charge in [0.2, 0.25) is 0 Å². The molecule has 0 aromatic carbocycles. The number of Topliss-reactive ketones (excluding diaryl/α,β-unsaturated/α-hetero) is 10. The third-order valence-corrected chi connectivity index (χ3v) is 13.1. The van der Waals surface area contributed by atoms with Crippen LogP contribution in [0.25, 0.3) is 0 Å². The van der Waals surface area contributed by atoms with Crippen molar-refractivity contribution in [3.63, 3.8) is 0 Å². The highest BCUT2D eigenvalue weighted by atomic mass is 16.5. The molecule has 98 heavy (non-hydrogen) atoms. The first-order chi connectivity index (χ1) is 44.6. The molecule has 1 aliphatic rings. The molecule has 0 spiro atoms. The van der Waals surface area contributed by atoms with Crippen LogP contribution in [0.15, 0.2) is 30.2 Å². The molecule has 1 aromatic rings. The van der Waals surface area contributed by atoms with Crippen molar-refractivity contribution < 1.29 is 57.5 Å². The average molecular weight is 1400 g/mol. The van der Waals surface area contributed by atoms with Crippen molar-refractivity contribution in [3.05, 3.63) is 30.9 Å². The molecule has 23 heteroatoms. The molecule has 0 saturated carbocycles. The molecule has 1 aliphatic heterocycles. The Morgan fingerprint density at radius 2 is 1.04 bits per heavy atom. The number of hydrogen-bond acceptors (Lipinski definition) is 20. The summed E-state index contributed by atoms with van der Waals surface area (Å²) in [5.74, 6) is 3.34. The number of hydrogen-bond donors (Lipinski definition) is 9. The summed E-state index contributed by atoms with van der Waals surface area (Å²) in [5, 5.41) is 3.19. The lowest BCUT2D eigenvalue weighted by atomic mass is 9.85. The van der Waals surface area contributed by atoms with Crippen LogP contribution in [-0.2, 0) is 52.7 Å². The zero-order chi connectivity index (χ0) is 79.6. The maximum Gasteiger partial charge on any atom is 0.308 e. The number of nitrogens with one attached hydrogen (secondary N) is 2. The molecule has 0 bridgehead atoms. The Balaban J connectivity index is -0.000000127. The van der Waals surface area contributed by atoms with Gasteiger partial charge in [-0.1, -0.05) is 213 Å². The number of imidazole rings is 1. The number of aliphatic imine (C=N–C) groups is 1. The molecule has 1 saturated heterocycles. The van der Waals surface area contributed by atoms with Crippen molar-refractivity contribution in [3.8, 4) is 0 Å². The summed E-state index contributed by atoms with van der Waals surface area (Å²) in [5.41, 5.74) is 36.5. The van der Waals surface area contributed by atoms with Gasteiger partial charge in [-0.05, 0) is 44.3 Å². The SMILES string of the molecule is C=CCOC(=O)C(C)C.CC(C)C(=O)C(C)(C)C.CC(C)C(=O)C(N)CN.CC(C)C(=O)C1CCCN1.CC(C)C(=O)CC(C)(C)C.CC(C)C(=O)CCCN.CC(C)C(=O)CCN.CC(C)C(=O)CN.CC(C)C(=O)CN=C(N)N.CC(C)C(=O)c1cnc[nH]1.CCC(=O)C(C)C. The van der Waals surface area contributed by atoms with Crippen molar-refractivity contribution in [2.24, 2.45) is 121 Å². The van der Waals surface area contributed by atoms with Crippen LogP contribution in [0.2, 0.25) is 0 Å². The molecule has 1 aromatic heterocycles. The first-order valence-corrected chi connectivity index (χ1v) is 35.1. The van der Waals surface area contributed by atoms with E-state index in [0.717, 1.165) is 25.8 Å². The van der Waals surface area contributed by atoms with E-state index < -0.39 is 6.04 Å². The van der Waals surface area contributed by atoms with Crippen molar-refractivity contribution in [1.82, 2.24) is 15.3 Å². The first kappa shape index (κ1) is 111. The fourth-order valence-electron chi connectivity index (χ4n) is 6.47. The van der Waals surface area contributed by atoms with Gasteiger partial charge >= 0.3 is 5.97 Å². The molecule has 576 valence electrons. The van der Waals surface area contributed by atoms with Crippen LogP contribution in [-0.4, -0.2) is 138 Å². The maximum absolute atomic E-state index is 11.3. The second-order valence-corrected chi connectivity index (χ2v) is 29.1. The molecular weight excluding hydrogens is 1250 g/mol. The lowest BCUT2D eigenvalue weighted by Gasteiger charge is -2.18. The maximum atomic E-state index is 11.3. The summed E-state index contributed by atoms with van der Waals surface area (Å²) in [6.07, 6.45) is 10.2. The lowest BCUT2D eigenvalue weighted by molar-refractivity contribution is -0.146. The number of ketones is 10. The number of nitrogens with zero attached hydrogens (tertiary/aromatic N) is 2. The molecule has 16 N–H and O–H groups in total. The molecule has 0 aliphatic carbocycles. The number of nitrogens with two attached hydrogens (primary N) is 7. The van der Waals surface area contributed by atoms with E-state index in [9.17, 15) is 52.7 Å². The summed E-state index contributed by atoms with van der Waals surface area (Å²) < 4.78 is 4.70. The monoisotopic (exact) mass is 1400 g/mol. The van der Waals surface area contributed by atoms with Crippen molar-refractivity contribution in [2.45, 2.75) is 258 Å². The van der Waals surface area contributed by atoms with E-state index >= 15 is 0 Å². The van der Waals surface area contributed by atoms with Gasteiger partial charge in [-0.25, -0.2) is 9.98 Å². The van der Waals surface area contributed by atoms with Crippen molar-refractivity contribution >= 4 is 69.8 Å². The fourth-order valence-corrected chi connectivity index (χ4v) is 6.47. The van der Waals surface area contributed by atoms with Crippen molar-refractivity contribution in [1.29, 1.82) is 0 Å². The number of aromatic amines is 1. The van der Waals surface area contributed by atoms with Crippen LogP contribution < -0.4 is 45.5 Å². The van der Waals surface area contributed by atoms with Gasteiger partial charge in [-0.15, -0.1) is 0 Å². The third-order valence-electron chi connectivity index (χ3n) is 13.1. The Morgan fingerprint density at radius 3 is 1.24 bits per heavy atom. The Morgan fingerprint density at radius 1 is 0.592 bits per heavy atom. The molecule has 1 fully saturated rings. The van der Waals surface area contributed by atoms with Gasteiger partial charge in [0, 0.05) is 96.8 Å². The van der Waals surface area contributed by atoms with Crippen molar-refractivity contribution in [2.75, 3.05) is 45.9 Å². The Bertz CT molecular complexity index is 2300. The molecule has 0 radical (unpaired) electrons.